The van der Waals surface area contributed by atoms with Gasteiger partial charge in [-0.15, -0.1) is 0 Å². The van der Waals surface area contributed by atoms with Gasteiger partial charge in [-0.1, -0.05) is 0 Å². The Kier molecular flexibility index (Phi) is 6.82. The van der Waals surface area contributed by atoms with Gasteiger partial charge in [0.2, 0.25) is 0 Å². The van der Waals surface area contributed by atoms with E-state index in [0.29, 0.717) is 0 Å². The summed E-state index contributed by atoms with van der Waals surface area (Å²) in [6.45, 7) is 0. The van der Waals surface area contributed by atoms with E-state index in [1.54, 1.807) is 12.8 Å². The number of rotatable bonds is 0. The molecule has 1 saturated carbocycles. The Bertz CT molecular complexity index is 41.8. The van der Waals surface area contributed by atoms with Crippen LogP contribution in [0, 0.1) is 0 Å². The van der Waals surface area contributed by atoms with Gasteiger partial charge in [0.1, 0.15) is 0 Å². The van der Waals surface area contributed by atoms with Crippen molar-refractivity contribution >= 4 is 27.9 Å². The molecule has 0 amide bonds. The summed E-state index contributed by atoms with van der Waals surface area (Å²) >= 11 is 1.45. The second-order valence-electron chi connectivity index (χ2n) is 2.39. The van der Waals surface area contributed by atoms with Gasteiger partial charge in [-0.25, -0.2) is 0 Å². The standard InChI is InChI=1S/C5H9.CH4O.Na/c1-2-4-5-3-1;1-2;/h1H,2-5H2;2H,1H3;. The van der Waals surface area contributed by atoms with Gasteiger partial charge in [0.05, 0.1) is 0 Å². The first-order chi connectivity index (χ1) is 3.89. The van der Waals surface area contributed by atoms with E-state index >= 15 is 0 Å². The van der Waals surface area contributed by atoms with Gasteiger partial charge in [-0.2, -0.15) is 0 Å². The molecule has 1 aliphatic rings. The first-order valence-electron chi connectivity index (χ1n) is 3.34. The Hall–Kier alpha value is 0.960. The van der Waals surface area contributed by atoms with Crippen LogP contribution in [0.4, 0.5) is 0 Å². The van der Waals surface area contributed by atoms with Crippen LogP contribution in [-0.2, 0) is 0 Å². The molecule has 0 heterocycles. The van der Waals surface area contributed by atoms with E-state index < -0.39 is 0 Å². The van der Waals surface area contributed by atoms with E-state index in [-0.39, 0.29) is 0 Å². The molecule has 0 saturated heterocycles. The summed E-state index contributed by atoms with van der Waals surface area (Å²) in [5.41, 5.74) is 0. The quantitative estimate of drug-likeness (QED) is 0.480. The summed E-state index contributed by atoms with van der Waals surface area (Å²) in [6.07, 6.45) is 6.14. The normalized spacial score (nSPS) is 20.0. The Morgan fingerprint density at radius 2 is 1.62 bits per heavy atom. The summed E-state index contributed by atoms with van der Waals surface area (Å²) in [5, 5.41) is 7.00. The van der Waals surface area contributed by atoms with Gasteiger partial charge in [0.25, 0.3) is 0 Å². The molecule has 0 aromatic heterocycles. The van der Waals surface area contributed by atoms with Gasteiger partial charge >= 0.3 is 56.8 Å². The molecule has 1 fully saturated rings. The van der Waals surface area contributed by atoms with E-state index in [2.05, 4.69) is 0 Å². The maximum absolute atomic E-state index is 7.00. The summed E-state index contributed by atoms with van der Waals surface area (Å²) in [5.74, 6) is 0. The molecule has 1 N–H and O–H groups in total. The molecule has 0 spiro atoms. The third kappa shape index (κ3) is 3.90. The molecule has 0 radical (unpaired) electrons. The monoisotopic (exact) mass is 124 g/mol. The van der Waals surface area contributed by atoms with E-state index in [1.165, 1.54) is 43.9 Å². The fourth-order valence-electron chi connectivity index (χ4n) is 1.13. The predicted molar refractivity (Wildman–Crippen MR) is 36.1 cm³/mol. The second-order valence-corrected chi connectivity index (χ2v) is 4.02. The molecule has 1 rings (SSSR count). The molecule has 8 heavy (non-hydrogen) atoms. The third-order valence-electron chi connectivity index (χ3n) is 1.64. The molecule has 0 atom stereocenters. The molecule has 1 aliphatic carbocycles. The Labute approximate surface area is 68.9 Å². The molecular weight excluding hydrogens is 111 g/mol. The molecule has 2 heteroatoms. The van der Waals surface area contributed by atoms with Crippen molar-refractivity contribution in [3.63, 3.8) is 0 Å². The summed E-state index contributed by atoms with van der Waals surface area (Å²) in [4.78, 5) is 0. The summed E-state index contributed by atoms with van der Waals surface area (Å²) in [6, 6.07) is 0. The van der Waals surface area contributed by atoms with Crippen molar-refractivity contribution in [2.24, 2.45) is 0 Å². The minimum absolute atomic E-state index is 1.00. The van der Waals surface area contributed by atoms with E-state index in [1.807, 2.05) is 0 Å². The van der Waals surface area contributed by atoms with Gasteiger partial charge in [-0.05, 0) is 0 Å². The summed E-state index contributed by atoms with van der Waals surface area (Å²) in [7, 11) is 1.00. The molecule has 1 nitrogen and oxygen atoms in total. The van der Waals surface area contributed by atoms with Gasteiger partial charge in [-0.3, -0.25) is 0 Å². The number of aliphatic hydroxyl groups excluding tert-OH is 1. The van der Waals surface area contributed by atoms with Crippen LogP contribution in [-0.4, -0.2) is 40.1 Å². The van der Waals surface area contributed by atoms with Crippen molar-refractivity contribution in [2.45, 2.75) is 28.9 Å². The van der Waals surface area contributed by atoms with Crippen LogP contribution < -0.4 is 0 Å². The van der Waals surface area contributed by atoms with E-state index in [4.69, 9.17) is 5.11 Å². The second kappa shape index (κ2) is 6.09. The van der Waals surface area contributed by atoms with Crippen molar-refractivity contribution in [1.82, 2.24) is 0 Å². The van der Waals surface area contributed by atoms with Gasteiger partial charge < -0.3 is 5.11 Å². The van der Waals surface area contributed by atoms with Crippen LogP contribution in [0.5, 0.6) is 0 Å². The SMILES string of the molecule is CO.[Na][CH]1CCCC1. The molecule has 0 aliphatic heterocycles. The van der Waals surface area contributed by atoms with Crippen molar-refractivity contribution in [2.75, 3.05) is 7.11 Å². The Morgan fingerprint density at radius 1 is 1.25 bits per heavy atom. The first-order valence-corrected chi connectivity index (χ1v) is 4.50. The van der Waals surface area contributed by atoms with Crippen LogP contribution in [0.3, 0.4) is 0 Å². The Morgan fingerprint density at radius 3 is 1.75 bits per heavy atom. The third-order valence-corrected chi connectivity index (χ3v) is 2.80. The molecule has 0 aromatic rings. The van der Waals surface area contributed by atoms with Crippen LogP contribution >= 0.6 is 0 Å². The zero-order valence-electron chi connectivity index (χ0n) is 5.85. The Balaban J connectivity index is 0.000000222. The maximum atomic E-state index is 7.00. The average molecular weight is 124 g/mol. The molecule has 0 aromatic carbocycles. The molecule has 0 bridgehead atoms. The minimum atomic E-state index is 1.00. The van der Waals surface area contributed by atoms with Crippen LogP contribution in [0.1, 0.15) is 25.7 Å². The molecule has 0 unspecified atom stereocenters. The zero-order chi connectivity index (χ0) is 6.41. The van der Waals surface area contributed by atoms with Crippen LogP contribution in [0.15, 0.2) is 0 Å². The van der Waals surface area contributed by atoms with E-state index in [9.17, 15) is 0 Å². The van der Waals surface area contributed by atoms with Gasteiger partial charge in [0, 0.05) is 7.11 Å². The fraction of sp³-hybridized carbons (Fsp3) is 1.00. The summed E-state index contributed by atoms with van der Waals surface area (Å²) < 4.78 is 1.19. The van der Waals surface area contributed by atoms with Crippen LogP contribution in [0.25, 0.3) is 0 Å². The predicted octanol–water partition coefficient (Wildman–Crippen LogP) is 1.13. The van der Waals surface area contributed by atoms with Crippen molar-refractivity contribution in [3.05, 3.63) is 0 Å². The van der Waals surface area contributed by atoms with E-state index in [0.717, 1.165) is 7.11 Å². The van der Waals surface area contributed by atoms with Crippen molar-refractivity contribution in [1.29, 1.82) is 0 Å². The topological polar surface area (TPSA) is 20.2 Å². The fourth-order valence-corrected chi connectivity index (χ4v) is 1.95. The van der Waals surface area contributed by atoms with Crippen LogP contribution in [0.2, 0.25) is 3.17 Å². The first kappa shape index (κ1) is 8.96. The number of hydrogen-bond donors (Lipinski definition) is 1. The average Bonchev–Trinajstić information content (AvgIpc) is 2.24. The van der Waals surface area contributed by atoms with Crippen molar-refractivity contribution < 1.29 is 5.11 Å². The zero-order valence-corrected chi connectivity index (χ0v) is 7.85. The number of hydrogen-bond acceptors (Lipinski definition) is 1. The van der Waals surface area contributed by atoms with Gasteiger partial charge in [0.15, 0.2) is 0 Å². The number of aliphatic hydroxyl groups is 1. The van der Waals surface area contributed by atoms with Crippen molar-refractivity contribution in [3.8, 4) is 0 Å². The molecular formula is C6H13NaO. The molecule has 44 valence electrons.